The van der Waals surface area contributed by atoms with Crippen LogP contribution in [0.25, 0.3) is 0 Å². The number of carboxylic acid groups (broad SMARTS) is 1. The topological polar surface area (TPSA) is 49.3 Å². The standard InChI is InChI=1S/C16H17NO2/c1-11-5-3-6-12(2)16(11)17-14-8-4-7-13(9-14)10-15(18)19/h3-9,17H,10H2,1-2H3,(H,18,19). The number of benzene rings is 2. The molecule has 0 amide bonds. The molecule has 19 heavy (non-hydrogen) atoms. The minimum absolute atomic E-state index is 0.0439. The summed E-state index contributed by atoms with van der Waals surface area (Å²) in [5.41, 5.74) is 5.13. The van der Waals surface area contributed by atoms with Gasteiger partial charge in [-0.05, 0) is 42.7 Å². The van der Waals surface area contributed by atoms with E-state index < -0.39 is 5.97 Å². The lowest BCUT2D eigenvalue weighted by molar-refractivity contribution is -0.136. The van der Waals surface area contributed by atoms with E-state index >= 15 is 0 Å². The van der Waals surface area contributed by atoms with Gasteiger partial charge in [0, 0.05) is 11.4 Å². The van der Waals surface area contributed by atoms with Gasteiger partial charge in [-0.25, -0.2) is 0 Å². The molecular formula is C16H17NO2. The van der Waals surface area contributed by atoms with Crippen LogP contribution in [0.1, 0.15) is 16.7 Å². The Kier molecular flexibility index (Phi) is 3.85. The van der Waals surface area contributed by atoms with Gasteiger partial charge in [0.15, 0.2) is 0 Å². The van der Waals surface area contributed by atoms with Crippen molar-refractivity contribution in [3.05, 3.63) is 59.2 Å². The van der Waals surface area contributed by atoms with Gasteiger partial charge < -0.3 is 10.4 Å². The van der Waals surface area contributed by atoms with E-state index in [2.05, 4.69) is 31.3 Å². The summed E-state index contributed by atoms with van der Waals surface area (Å²) in [6.45, 7) is 4.10. The Bertz CT molecular complexity index is 585. The van der Waals surface area contributed by atoms with E-state index in [1.54, 1.807) is 0 Å². The molecule has 0 atom stereocenters. The molecule has 0 saturated carbocycles. The van der Waals surface area contributed by atoms with Crippen molar-refractivity contribution >= 4 is 17.3 Å². The Balaban J connectivity index is 2.26. The van der Waals surface area contributed by atoms with Gasteiger partial charge in [-0.1, -0.05) is 30.3 Å². The minimum atomic E-state index is -0.816. The molecule has 98 valence electrons. The van der Waals surface area contributed by atoms with Crippen LogP contribution in [0.2, 0.25) is 0 Å². The third-order valence-electron chi connectivity index (χ3n) is 3.03. The van der Waals surface area contributed by atoms with E-state index in [0.29, 0.717) is 0 Å². The smallest absolute Gasteiger partial charge is 0.307 e. The number of anilines is 2. The summed E-state index contributed by atoms with van der Waals surface area (Å²) >= 11 is 0. The molecule has 2 aromatic rings. The lowest BCUT2D eigenvalue weighted by Crippen LogP contribution is -2.01. The predicted molar refractivity (Wildman–Crippen MR) is 77.0 cm³/mol. The molecule has 0 unspecified atom stereocenters. The average molecular weight is 255 g/mol. The van der Waals surface area contributed by atoms with Gasteiger partial charge in [-0.15, -0.1) is 0 Å². The molecule has 0 bridgehead atoms. The SMILES string of the molecule is Cc1cccc(C)c1Nc1cccc(CC(=O)O)c1. The molecule has 0 radical (unpaired) electrons. The van der Waals surface area contributed by atoms with Crippen LogP contribution in [0.15, 0.2) is 42.5 Å². The van der Waals surface area contributed by atoms with Crippen LogP contribution >= 0.6 is 0 Å². The normalized spacial score (nSPS) is 10.2. The number of rotatable bonds is 4. The molecule has 2 N–H and O–H groups in total. The Morgan fingerprint density at radius 2 is 1.74 bits per heavy atom. The van der Waals surface area contributed by atoms with E-state index in [1.807, 2.05) is 30.3 Å². The van der Waals surface area contributed by atoms with Crippen molar-refractivity contribution in [3.63, 3.8) is 0 Å². The average Bonchev–Trinajstić information content (AvgIpc) is 2.34. The van der Waals surface area contributed by atoms with Crippen LogP contribution < -0.4 is 5.32 Å². The quantitative estimate of drug-likeness (QED) is 0.876. The highest BCUT2D eigenvalue weighted by atomic mass is 16.4. The highest BCUT2D eigenvalue weighted by Gasteiger charge is 2.04. The Labute approximate surface area is 112 Å². The molecule has 0 heterocycles. The Morgan fingerprint density at radius 1 is 1.11 bits per heavy atom. The van der Waals surface area contributed by atoms with Crippen molar-refractivity contribution in [2.75, 3.05) is 5.32 Å². The number of hydrogen-bond acceptors (Lipinski definition) is 2. The van der Waals surface area contributed by atoms with Gasteiger partial charge in [0.25, 0.3) is 0 Å². The summed E-state index contributed by atoms with van der Waals surface area (Å²) in [6.07, 6.45) is 0.0439. The molecule has 0 spiro atoms. The fourth-order valence-corrected chi connectivity index (χ4v) is 2.09. The largest absolute Gasteiger partial charge is 0.481 e. The number of para-hydroxylation sites is 1. The molecule has 2 rings (SSSR count). The third-order valence-corrected chi connectivity index (χ3v) is 3.03. The first-order chi connectivity index (χ1) is 9.06. The van der Waals surface area contributed by atoms with Crippen molar-refractivity contribution in [3.8, 4) is 0 Å². The molecule has 0 aliphatic rings. The predicted octanol–water partition coefficient (Wildman–Crippen LogP) is 3.67. The summed E-state index contributed by atoms with van der Waals surface area (Å²) < 4.78 is 0. The first kappa shape index (κ1) is 13.1. The van der Waals surface area contributed by atoms with Crippen molar-refractivity contribution in [2.45, 2.75) is 20.3 Å². The van der Waals surface area contributed by atoms with E-state index in [-0.39, 0.29) is 6.42 Å². The maximum Gasteiger partial charge on any atom is 0.307 e. The van der Waals surface area contributed by atoms with Gasteiger partial charge in [0.05, 0.1) is 6.42 Å². The first-order valence-corrected chi connectivity index (χ1v) is 6.20. The Hall–Kier alpha value is -2.29. The number of carbonyl (C=O) groups is 1. The van der Waals surface area contributed by atoms with Crippen molar-refractivity contribution in [1.82, 2.24) is 0 Å². The second kappa shape index (κ2) is 5.57. The number of aryl methyl sites for hydroxylation is 2. The number of hydrogen-bond donors (Lipinski definition) is 2. The van der Waals surface area contributed by atoms with Crippen molar-refractivity contribution in [1.29, 1.82) is 0 Å². The fourth-order valence-electron chi connectivity index (χ4n) is 2.09. The molecule has 0 saturated heterocycles. The second-order valence-electron chi connectivity index (χ2n) is 4.66. The zero-order chi connectivity index (χ0) is 13.8. The Morgan fingerprint density at radius 3 is 2.37 bits per heavy atom. The van der Waals surface area contributed by atoms with Crippen molar-refractivity contribution < 1.29 is 9.90 Å². The molecule has 2 aromatic carbocycles. The zero-order valence-electron chi connectivity index (χ0n) is 11.1. The first-order valence-electron chi connectivity index (χ1n) is 6.20. The van der Waals surface area contributed by atoms with Crippen LogP contribution in [0, 0.1) is 13.8 Å². The van der Waals surface area contributed by atoms with Crippen LogP contribution in [0.3, 0.4) is 0 Å². The minimum Gasteiger partial charge on any atom is -0.481 e. The summed E-state index contributed by atoms with van der Waals surface area (Å²) in [4.78, 5) is 10.7. The molecule has 0 aromatic heterocycles. The third kappa shape index (κ3) is 3.35. The van der Waals surface area contributed by atoms with E-state index in [0.717, 1.165) is 16.9 Å². The zero-order valence-corrected chi connectivity index (χ0v) is 11.1. The number of carboxylic acids is 1. The highest BCUT2D eigenvalue weighted by Crippen LogP contribution is 2.24. The summed E-state index contributed by atoms with van der Waals surface area (Å²) in [7, 11) is 0. The maximum absolute atomic E-state index is 10.7. The molecule has 0 aliphatic heterocycles. The van der Waals surface area contributed by atoms with Gasteiger partial charge >= 0.3 is 5.97 Å². The van der Waals surface area contributed by atoms with Gasteiger partial charge in [-0.2, -0.15) is 0 Å². The van der Waals surface area contributed by atoms with Crippen LogP contribution in [0.5, 0.6) is 0 Å². The second-order valence-corrected chi connectivity index (χ2v) is 4.66. The molecular weight excluding hydrogens is 238 g/mol. The lowest BCUT2D eigenvalue weighted by Gasteiger charge is -2.13. The van der Waals surface area contributed by atoms with Gasteiger partial charge in [-0.3, -0.25) is 4.79 Å². The van der Waals surface area contributed by atoms with E-state index in [9.17, 15) is 4.79 Å². The van der Waals surface area contributed by atoms with E-state index in [4.69, 9.17) is 5.11 Å². The maximum atomic E-state index is 10.7. The molecule has 0 fully saturated rings. The molecule has 0 aliphatic carbocycles. The van der Waals surface area contributed by atoms with Crippen LogP contribution in [-0.4, -0.2) is 11.1 Å². The number of nitrogens with one attached hydrogen (secondary N) is 1. The lowest BCUT2D eigenvalue weighted by atomic mass is 10.1. The fraction of sp³-hybridized carbons (Fsp3) is 0.188. The highest BCUT2D eigenvalue weighted by molar-refractivity contribution is 5.72. The van der Waals surface area contributed by atoms with Crippen molar-refractivity contribution in [2.24, 2.45) is 0 Å². The van der Waals surface area contributed by atoms with Crippen LogP contribution in [0.4, 0.5) is 11.4 Å². The van der Waals surface area contributed by atoms with Gasteiger partial charge in [0.2, 0.25) is 0 Å². The molecule has 3 nitrogen and oxygen atoms in total. The van der Waals surface area contributed by atoms with Crippen LogP contribution in [-0.2, 0) is 11.2 Å². The molecule has 3 heteroatoms. The summed E-state index contributed by atoms with van der Waals surface area (Å²) in [5.74, 6) is -0.816. The number of aliphatic carboxylic acids is 1. The van der Waals surface area contributed by atoms with Gasteiger partial charge in [0.1, 0.15) is 0 Å². The summed E-state index contributed by atoms with van der Waals surface area (Å²) in [5, 5.41) is 12.2. The summed E-state index contributed by atoms with van der Waals surface area (Å²) in [6, 6.07) is 13.6. The monoisotopic (exact) mass is 255 g/mol. The van der Waals surface area contributed by atoms with E-state index in [1.165, 1.54) is 11.1 Å².